The van der Waals surface area contributed by atoms with Crippen molar-refractivity contribution in [1.29, 1.82) is 0 Å². The standard InChI is InChI=1S/C24H41NO6Si/c1-8-13-14-20(26)28-18-16-24(22(27)25-15-9-2,31-32(10-3,11-4)12-5)17-19-21(18)30-23(6,7)29-19/h8-9,18-19,21H,1-2,10-17H2,3-7H3,(H,25,27)/t18-,19-,21+,24-/m1/s1. The number of carbonyl (C=O) groups excluding carboxylic acids is 2. The van der Waals surface area contributed by atoms with Crippen molar-refractivity contribution in [2.75, 3.05) is 6.54 Å². The molecule has 32 heavy (non-hydrogen) atoms. The van der Waals surface area contributed by atoms with Crippen LogP contribution in [0.2, 0.25) is 18.1 Å². The molecule has 2 rings (SSSR count). The van der Waals surface area contributed by atoms with E-state index in [1.54, 1.807) is 12.2 Å². The van der Waals surface area contributed by atoms with Crippen LogP contribution in [0.3, 0.4) is 0 Å². The number of hydrogen-bond acceptors (Lipinski definition) is 6. The van der Waals surface area contributed by atoms with Gasteiger partial charge in [-0.15, -0.1) is 13.2 Å². The molecule has 1 aliphatic carbocycles. The predicted octanol–water partition coefficient (Wildman–Crippen LogP) is 4.24. The molecular formula is C24H41NO6Si. The summed E-state index contributed by atoms with van der Waals surface area (Å²) in [4.78, 5) is 26.1. The van der Waals surface area contributed by atoms with Crippen LogP contribution < -0.4 is 5.32 Å². The van der Waals surface area contributed by atoms with E-state index in [0.717, 1.165) is 18.1 Å². The maximum absolute atomic E-state index is 13.5. The van der Waals surface area contributed by atoms with E-state index in [1.807, 2.05) is 13.8 Å². The van der Waals surface area contributed by atoms with Crippen LogP contribution in [0.5, 0.6) is 0 Å². The van der Waals surface area contributed by atoms with Crippen LogP contribution in [0.15, 0.2) is 25.3 Å². The summed E-state index contributed by atoms with van der Waals surface area (Å²) >= 11 is 0. The van der Waals surface area contributed by atoms with Gasteiger partial charge in [-0.2, -0.15) is 0 Å². The van der Waals surface area contributed by atoms with E-state index in [2.05, 4.69) is 39.2 Å². The molecule has 1 amide bonds. The van der Waals surface area contributed by atoms with Crippen molar-refractivity contribution in [3.8, 4) is 0 Å². The monoisotopic (exact) mass is 467 g/mol. The van der Waals surface area contributed by atoms with Crippen LogP contribution in [0.25, 0.3) is 0 Å². The van der Waals surface area contributed by atoms with Crippen molar-refractivity contribution < 1.29 is 28.2 Å². The van der Waals surface area contributed by atoms with Gasteiger partial charge in [0.15, 0.2) is 14.1 Å². The Morgan fingerprint density at radius 2 is 1.75 bits per heavy atom. The third kappa shape index (κ3) is 6.10. The lowest BCUT2D eigenvalue weighted by atomic mass is 9.79. The van der Waals surface area contributed by atoms with E-state index >= 15 is 0 Å². The van der Waals surface area contributed by atoms with Gasteiger partial charge in [0.2, 0.25) is 0 Å². The van der Waals surface area contributed by atoms with Crippen LogP contribution >= 0.6 is 0 Å². The fourth-order valence-electron chi connectivity index (χ4n) is 4.76. The summed E-state index contributed by atoms with van der Waals surface area (Å²) in [6.45, 7) is 17.8. The Hall–Kier alpha value is -1.48. The van der Waals surface area contributed by atoms with Crippen molar-refractivity contribution in [2.24, 2.45) is 0 Å². The summed E-state index contributed by atoms with van der Waals surface area (Å²) in [7, 11) is -2.19. The maximum atomic E-state index is 13.5. The molecule has 1 saturated carbocycles. The van der Waals surface area contributed by atoms with Gasteiger partial charge in [0.1, 0.15) is 17.8 Å². The van der Waals surface area contributed by atoms with E-state index in [1.165, 1.54) is 0 Å². The molecule has 0 spiro atoms. The number of nitrogens with one attached hydrogen (secondary N) is 1. The minimum absolute atomic E-state index is 0.205. The SMILES string of the molecule is C=CCCC(=O)O[C@@H]1C[C@](O[Si](CC)(CC)CC)(C(=O)NCC=C)C[C@H]2OC(C)(C)O[C@@H]12. The number of rotatable bonds is 12. The van der Waals surface area contributed by atoms with E-state index in [4.69, 9.17) is 18.6 Å². The lowest BCUT2D eigenvalue weighted by molar-refractivity contribution is -0.178. The molecule has 0 bridgehead atoms. The van der Waals surface area contributed by atoms with Crippen molar-refractivity contribution in [2.45, 2.75) is 108 Å². The zero-order valence-electron chi connectivity index (χ0n) is 20.4. The second kappa shape index (κ2) is 11.1. The minimum atomic E-state index is -2.19. The van der Waals surface area contributed by atoms with Crippen LogP contribution in [0, 0.1) is 0 Å². The van der Waals surface area contributed by atoms with E-state index in [0.29, 0.717) is 19.4 Å². The fourth-order valence-corrected chi connectivity index (χ4v) is 7.79. The quantitative estimate of drug-likeness (QED) is 0.263. The molecule has 2 aliphatic rings. The highest BCUT2D eigenvalue weighted by Gasteiger charge is 2.60. The number of allylic oxidation sites excluding steroid dienone is 1. The van der Waals surface area contributed by atoms with Crippen LogP contribution in [0.4, 0.5) is 0 Å². The smallest absolute Gasteiger partial charge is 0.306 e. The highest BCUT2D eigenvalue weighted by molar-refractivity contribution is 6.73. The first-order valence-electron chi connectivity index (χ1n) is 11.8. The first kappa shape index (κ1) is 26.8. The largest absolute Gasteiger partial charge is 0.459 e. The molecule has 8 heteroatoms. The summed E-state index contributed by atoms with van der Waals surface area (Å²) in [5.41, 5.74) is -1.15. The molecule has 0 unspecified atom stereocenters. The second-order valence-corrected chi connectivity index (χ2v) is 13.9. The first-order chi connectivity index (χ1) is 15.1. The minimum Gasteiger partial charge on any atom is -0.459 e. The second-order valence-electron chi connectivity index (χ2n) is 9.24. The number of amides is 1. The van der Waals surface area contributed by atoms with Gasteiger partial charge in [-0.25, -0.2) is 0 Å². The Labute approximate surface area is 194 Å². The molecule has 0 radical (unpaired) electrons. The Bertz CT molecular complexity index is 684. The third-order valence-electron chi connectivity index (χ3n) is 6.65. The van der Waals surface area contributed by atoms with E-state index in [9.17, 15) is 9.59 Å². The van der Waals surface area contributed by atoms with Gasteiger partial charge in [-0.1, -0.05) is 32.9 Å². The third-order valence-corrected chi connectivity index (χ3v) is 11.3. The highest BCUT2D eigenvalue weighted by Crippen LogP contribution is 2.46. The summed E-state index contributed by atoms with van der Waals surface area (Å²) in [6.07, 6.45) is 3.20. The Morgan fingerprint density at radius 3 is 2.31 bits per heavy atom. The van der Waals surface area contributed by atoms with Crippen LogP contribution in [-0.4, -0.2) is 56.4 Å². The molecule has 0 aromatic carbocycles. The van der Waals surface area contributed by atoms with Crippen molar-refractivity contribution >= 4 is 20.2 Å². The maximum Gasteiger partial charge on any atom is 0.306 e. The first-order valence-corrected chi connectivity index (χ1v) is 14.4. The summed E-state index contributed by atoms with van der Waals surface area (Å²) in [6, 6.07) is 2.70. The molecule has 1 heterocycles. The van der Waals surface area contributed by atoms with Gasteiger partial charge >= 0.3 is 5.97 Å². The molecule has 2 fully saturated rings. The Morgan fingerprint density at radius 1 is 1.09 bits per heavy atom. The average Bonchev–Trinajstić information content (AvgIpc) is 3.08. The Balaban J connectivity index is 2.44. The van der Waals surface area contributed by atoms with Crippen molar-refractivity contribution in [3.05, 3.63) is 25.3 Å². The van der Waals surface area contributed by atoms with Crippen LogP contribution in [0.1, 0.15) is 60.3 Å². The molecule has 0 aromatic rings. The lowest BCUT2D eigenvalue weighted by Crippen LogP contribution is -2.63. The van der Waals surface area contributed by atoms with Gasteiger partial charge in [-0.05, 0) is 38.4 Å². The van der Waals surface area contributed by atoms with Gasteiger partial charge in [0.25, 0.3) is 5.91 Å². The van der Waals surface area contributed by atoms with Gasteiger partial charge in [0.05, 0.1) is 6.10 Å². The zero-order chi connectivity index (χ0) is 24.0. The fraction of sp³-hybridized carbons (Fsp3) is 0.750. The molecule has 1 aliphatic heterocycles. The molecular weight excluding hydrogens is 426 g/mol. The number of fused-ring (bicyclic) bond motifs is 1. The van der Waals surface area contributed by atoms with E-state index in [-0.39, 0.29) is 24.7 Å². The van der Waals surface area contributed by atoms with E-state index < -0.39 is 38.0 Å². The van der Waals surface area contributed by atoms with Crippen molar-refractivity contribution in [1.82, 2.24) is 5.32 Å². The summed E-state index contributed by atoms with van der Waals surface area (Å²) in [5, 5.41) is 2.94. The number of ether oxygens (including phenoxy) is 3. The van der Waals surface area contributed by atoms with Crippen molar-refractivity contribution in [3.63, 3.8) is 0 Å². The average molecular weight is 468 g/mol. The van der Waals surface area contributed by atoms with Gasteiger partial charge in [-0.3, -0.25) is 9.59 Å². The molecule has 1 saturated heterocycles. The van der Waals surface area contributed by atoms with Crippen LogP contribution in [-0.2, 0) is 28.2 Å². The number of hydrogen-bond donors (Lipinski definition) is 1. The summed E-state index contributed by atoms with van der Waals surface area (Å²) in [5.74, 6) is -1.37. The number of esters is 1. The van der Waals surface area contributed by atoms with Gasteiger partial charge < -0.3 is 24.0 Å². The molecule has 182 valence electrons. The summed E-state index contributed by atoms with van der Waals surface area (Å²) < 4.78 is 25.1. The zero-order valence-corrected chi connectivity index (χ0v) is 21.4. The molecule has 0 aromatic heterocycles. The number of carbonyl (C=O) groups is 2. The van der Waals surface area contributed by atoms with Gasteiger partial charge in [0, 0.05) is 25.8 Å². The normalized spacial score (nSPS) is 29.1. The Kier molecular flexibility index (Phi) is 9.28. The molecule has 4 atom stereocenters. The predicted molar refractivity (Wildman–Crippen MR) is 127 cm³/mol. The topological polar surface area (TPSA) is 83.1 Å². The molecule has 7 nitrogen and oxygen atoms in total. The lowest BCUT2D eigenvalue weighted by Gasteiger charge is -2.47. The highest BCUT2D eigenvalue weighted by atomic mass is 28.4. The molecule has 1 N–H and O–H groups in total.